The van der Waals surface area contributed by atoms with E-state index in [1.54, 1.807) is 0 Å². The molecule has 1 aliphatic heterocycles. The zero-order valence-electron chi connectivity index (χ0n) is 18.6. The van der Waals surface area contributed by atoms with E-state index in [9.17, 15) is 5.11 Å². The molecule has 6 heteroatoms. The molecule has 1 N–H and O–H groups in total. The van der Waals surface area contributed by atoms with Crippen LogP contribution in [0.3, 0.4) is 0 Å². The van der Waals surface area contributed by atoms with Crippen LogP contribution in [-0.4, -0.2) is 54.2 Å². The second-order valence-corrected chi connectivity index (χ2v) is 9.18. The summed E-state index contributed by atoms with van der Waals surface area (Å²) in [5, 5.41) is 15.6. The predicted molar refractivity (Wildman–Crippen MR) is 126 cm³/mol. The summed E-state index contributed by atoms with van der Waals surface area (Å²) >= 11 is 6.17. The monoisotopic (exact) mass is 444 g/mol. The fourth-order valence-electron chi connectivity index (χ4n) is 3.62. The van der Waals surface area contributed by atoms with Crippen LogP contribution in [-0.2, 0) is 16.1 Å². The maximum Gasteiger partial charge on any atom is 0.145 e. The number of nitrogens with zero attached hydrogens (tertiary/aromatic N) is 2. The molecule has 2 aromatic carbocycles. The van der Waals surface area contributed by atoms with E-state index in [-0.39, 0.29) is 6.10 Å². The molecule has 0 saturated heterocycles. The molecule has 5 nitrogen and oxygen atoms in total. The van der Waals surface area contributed by atoms with Gasteiger partial charge in [-0.1, -0.05) is 72.6 Å². The Labute approximate surface area is 190 Å². The van der Waals surface area contributed by atoms with Crippen LogP contribution in [0.2, 0.25) is 5.02 Å². The molecule has 0 aromatic heterocycles. The Hall–Kier alpha value is -1.92. The first kappa shape index (κ1) is 23.7. The summed E-state index contributed by atoms with van der Waals surface area (Å²) in [4.78, 5) is 7.93. The van der Waals surface area contributed by atoms with E-state index in [0.717, 1.165) is 23.3 Å². The zero-order chi connectivity index (χ0) is 22.2. The Balaban J connectivity index is 1.60. The Morgan fingerprint density at radius 1 is 1.19 bits per heavy atom. The van der Waals surface area contributed by atoms with Gasteiger partial charge in [0, 0.05) is 37.7 Å². The van der Waals surface area contributed by atoms with E-state index in [2.05, 4.69) is 55.1 Å². The van der Waals surface area contributed by atoms with Crippen LogP contribution in [0.1, 0.15) is 37.0 Å². The van der Waals surface area contributed by atoms with E-state index >= 15 is 0 Å². The number of aliphatic hydroxyl groups is 1. The Kier molecular flexibility index (Phi) is 8.90. The normalized spacial score (nSPS) is 17.1. The SMILES string of the molecule is Cc1ccc(C2=NO[C@@H](CN(Cc3cccc(Cl)c3)C[C@H](O)COCC(C)C)C2)cc1. The molecular formula is C25H33ClN2O3. The van der Waals surface area contributed by atoms with Crippen LogP contribution < -0.4 is 0 Å². The minimum absolute atomic E-state index is 0.0562. The van der Waals surface area contributed by atoms with Crippen molar-refractivity contribution in [3.05, 3.63) is 70.2 Å². The zero-order valence-corrected chi connectivity index (χ0v) is 19.4. The van der Waals surface area contributed by atoms with E-state index in [1.807, 2.05) is 24.3 Å². The molecule has 168 valence electrons. The lowest BCUT2D eigenvalue weighted by Gasteiger charge is -2.27. The van der Waals surface area contributed by atoms with Gasteiger partial charge in [0.1, 0.15) is 6.10 Å². The van der Waals surface area contributed by atoms with Crippen LogP contribution in [0, 0.1) is 12.8 Å². The van der Waals surface area contributed by atoms with Crippen LogP contribution in [0.5, 0.6) is 0 Å². The largest absolute Gasteiger partial charge is 0.390 e. The summed E-state index contributed by atoms with van der Waals surface area (Å²) in [5.74, 6) is 0.444. The first-order valence-corrected chi connectivity index (χ1v) is 11.3. The lowest BCUT2D eigenvalue weighted by Crippen LogP contribution is -2.39. The fourth-order valence-corrected chi connectivity index (χ4v) is 3.83. The van der Waals surface area contributed by atoms with Crippen molar-refractivity contribution in [2.45, 2.75) is 45.9 Å². The average Bonchev–Trinajstić information content (AvgIpc) is 3.16. The molecule has 0 amide bonds. The molecule has 3 rings (SSSR count). The van der Waals surface area contributed by atoms with E-state index < -0.39 is 6.10 Å². The van der Waals surface area contributed by atoms with E-state index in [4.69, 9.17) is 21.2 Å². The summed E-state index contributed by atoms with van der Waals surface area (Å²) in [5.41, 5.74) is 4.38. The Morgan fingerprint density at radius 2 is 1.97 bits per heavy atom. The topological polar surface area (TPSA) is 54.3 Å². The minimum atomic E-state index is -0.572. The molecule has 2 aromatic rings. The van der Waals surface area contributed by atoms with Crippen molar-refractivity contribution in [1.82, 2.24) is 4.90 Å². The fraction of sp³-hybridized carbons (Fsp3) is 0.480. The smallest absolute Gasteiger partial charge is 0.145 e. The molecule has 0 saturated carbocycles. The third kappa shape index (κ3) is 7.93. The molecule has 0 fully saturated rings. The standard InChI is InChI=1S/C25H33ClN2O3/c1-18(2)16-30-17-23(29)14-28(13-20-5-4-6-22(26)11-20)15-24-12-25(27-31-24)21-9-7-19(3)8-10-21/h4-11,18,23-24,29H,12-17H2,1-3H3/t23-,24+/m0/s1. The maximum absolute atomic E-state index is 10.5. The van der Waals surface area contributed by atoms with Crippen molar-refractivity contribution < 1.29 is 14.7 Å². The number of aliphatic hydroxyl groups excluding tert-OH is 1. The molecule has 0 unspecified atom stereocenters. The van der Waals surface area contributed by atoms with Crippen LogP contribution in [0.4, 0.5) is 0 Å². The lowest BCUT2D eigenvalue weighted by molar-refractivity contribution is -0.00734. The third-order valence-electron chi connectivity index (χ3n) is 5.11. The van der Waals surface area contributed by atoms with Crippen molar-refractivity contribution in [2.24, 2.45) is 11.1 Å². The van der Waals surface area contributed by atoms with Gasteiger partial charge in [-0.3, -0.25) is 4.90 Å². The predicted octanol–water partition coefficient (Wildman–Crippen LogP) is 4.68. The van der Waals surface area contributed by atoms with E-state index in [0.29, 0.717) is 43.8 Å². The van der Waals surface area contributed by atoms with Gasteiger partial charge >= 0.3 is 0 Å². The first-order valence-electron chi connectivity index (χ1n) is 10.9. The van der Waals surface area contributed by atoms with Gasteiger partial charge < -0.3 is 14.7 Å². The number of hydrogen-bond acceptors (Lipinski definition) is 5. The molecular weight excluding hydrogens is 412 g/mol. The van der Waals surface area contributed by atoms with Gasteiger partial charge in [0.2, 0.25) is 0 Å². The second kappa shape index (κ2) is 11.6. The summed E-state index contributed by atoms with van der Waals surface area (Å²) < 4.78 is 5.63. The third-order valence-corrected chi connectivity index (χ3v) is 5.34. The van der Waals surface area contributed by atoms with Gasteiger partial charge in [-0.05, 0) is 36.1 Å². The number of halogens is 1. The molecule has 0 spiro atoms. The summed E-state index contributed by atoms with van der Waals surface area (Å²) in [6.07, 6.45) is 0.116. The van der Waals surface area contributed by atoms with Gasteiger partial charge in [0.05, 0.1) is 18.4 Å². The average molecular weight is 445 g/mol. The van der Waals surface area contributed by atoms with Crippen LogP contribution in [0.25, 0.3) is 0 Å². The van der Waals surface area contributed by atoms with Crippen LogP contribution in [0.15, 0.2) is 53.7 Å². The van der Waals surface area contributed by atoms with Crippen molar-refractivity contribution in [3.8, 4) is 0 Å². The lowest BCUT2D eigenvalue weighted by atomic mass is 10.0. The number of oxime groups is 1. The van der Waals surface area contributed by atoms with Gasteiger partial charge in [0.15, 0.2) is 0 Å². The Morgan fingerprint density at radius 3 is 2.68 bits per heavy atom. The number of ether oxygens (including phenoxy) is 1. The summed E-state index contributed by atoms with van der Waals surface area (Å²) in [7, 11) is 0. The molecule has 2 atom stereocenters. The molecule has 1 heterocycles. The van der Waals surface area contributed by atoms with Crippen molar-refractivity contribution in [1.29, 1.82) is 0 Å². The Bertz CT molecular complexity index is 854. The maximum atomic E-state index is 10.5. The minimum Gasteiger partial charge on any atom is -0.390 e. The van der Waals surface area contributed by atoms with Gasteiger partial charge in [0.25, 0.3) is 0 Å². The molecule has 0 bridgehead atoms. The number of benzene rings is 2. The molecule has 1 aliphatic rings. The number of hydrogen-bond donors (Lipinski definition) is 1. The summed E-state index contributed by atoms with van der Waals surface area (Å²) in [6.45, 7) is 9.05. The highest BCUT2D eigenvalue weighted by molar-refractivity contribution is 6.30. The highest BCUT2D eigenvalue weighted by Gasteiger charge is 2.26. The highest BCUT2D eigenvalue weighted by Crippen LogP contribution is 2.20. The van der Waals surface area contributed by atoms with Gasteiger partial charge in [-0.15, -0.1) is 0 Å². The number of rotatable bonds is 11. The van der Waals surface area contributed by atoms with Gasteiger partial charge in [-0.25, -0.2) is 0 Å². The van der Waals surface area contributed by atoms with E-state index in [1.165, 1.54) is 5.56 Å². The van der Waals surface area contributed by atoms with Crippen molar-refractivity contribution in [3.63, 3.8) is 0 Å². The molecule has 0 radical (unpaired) electrons. The molecule has 31 heavy (non-hydrogen) atoms. The molecule has 0 aliphatic carbocycles. The number of aryl methyl sites for hydroxylation is 1. The second-order valence-electron chi connectivity index (χ2n) is 8.74. The van der Waals surface area contributed by atoms with Crippen LogP contribution >= 0.6 is 11.6 Å². The first-order chi connectivity index (χ1) is 14.9. The summed E-state index contributed by atoms with van der Waals surface area (Å²) in [6, 6.07) is 16.2. The highest BCUT2D eigenvalue weighted by atomic mass is 35.5. The van der Waals surface area contributed by atoms with Crippen molar-refractivity contribution >= 4 is 17.3 Å². The van der Waals surface area contributed by atoms with Gasteiger partial charge in [-0.2, -0.15) is 0 Å². The quantitative estimate of drug-likeness (QED) is 0.546. The van der Waals surface area contributed by atoms with Crippen molar-refractivity contribution in [2.75, 3.05) is 26.3 Å².